The Morgan fingerprint density at radius 3 is 2.82 bits per heavy atom. The highest BCUT2D eigenvalue weighted by molar-refractivity contribution is 7.91. The predicted octanol–water partition coefficient (Wildman–Crippen LogP) is 1.68. The fourth-order valence-corrected chi connectivity index (χ4v) is 4.02. The molecule has 1 saturated carbocycles. The molecule has 0 radical (unpaired) electrons. The van der Waals surface area contributed by atoms with Gasteiger partial charge < -0.3 is 5.73 Å². The standard InChI is InChI=1S/C11H18N2O2S2/c12-7-10-6-11(16-8-10)17(14,15)13-5-1-2-9-3-4-9/h6,8-9,13H,1-5,7,12H2. The van der Waals surface area contributed by atoms with Crippen LogP contribution in [0.2, 0.25) is 0 Å². The molecule has 1 aromatic rings. The highest BCUT2D eigenvalue weighted by atomic mass is 32.2. The van der Waals surface area contributed by atoms with Gasteiger partial charge in [-0.1, -0.05) is 12.8 Å². The fourth-order valence-electron chi connectivity index (χ4n) is 1.68. The van der Waals surface area contributed by atoms with Crippen molar-refractivity contribution in [3.63, 3.8) is 0 Å². The van der Waals surface area contributed by atoms with Crippen molar-refractivity contribution in [2.45, 2.75) is 36.4 Å². The summed E-state index contributed by atoms with van der Waals surface area (Å²) in [5.74, 6) is 0.852. The summed E-state index contributed by atoms with van der Waals surface area (Å²) in [5.41, 5.74) is 6.33. The van der Waals surface area contributed by atoms with E-state index in [-0.39, 0.29) is 0 Å². The van der Waals surface area contributed by atoms with Gasteiger partial charge in [-0.05, 0) is 35.8 Å². The Balaban J connectivity index is 1.84. The lowest BCUT2D eigenvalue weighted by molar-refractivity contribution is 0.574. The first-order valence-corrected chi connectivity index (χ1v) is 8.25. The number of sulfonamides is 1. The maximum atomic E-state index is 11.9. The second kappa shape index (κ2) is 5.48. The number of rotatable bonds is 7. The van der Waals surface area contributed by atoms with Crippen LogP contribution in [0.5, 0.6) is 0 Å². The first-order valence-electron chi connectivity index (χ1n) is 5.89. The molecule has 0 aliphatic heterocycles. The summed E-state index contributed by atoms with van der Waals surface area (Å²) >= 11 is 1.23. The number of thiophene rings is 1. The van der Waals surface area contributed by atoms with Gasteiger partial charge in [0.2, 0.25) is 10.0 Å². The molecule has 1 fully saturated rings. The van der Waals surface area contributed by atoms with Crippen LogP contribution in [-0.4, -0.2) is 15.0 Å². The lowest BCUT2D eigenvalue weighted by atomic mass is 10.2. The molecule has 0 spiro atoms. The summed E-state index contributed by atoms with van der Waals surface area (Å²) in [6.45, 7) is 0.919. The van der Waals surface area contributed by atoms with E-state index in [4.69, 9.17) is 5.73 Å². The summed E-state index contributed by atoms with van der Waals surface area (Å²) in [6, 6.07) is 1.65. The first-order chi connectivity index (χ1) is 8.12. The third-order valence-electron chi connectivity index (χ3n) is 2.91. The molecule has 0 amide bonds. The Morgan fingerprint density at radius 1 is 1.47 bits per heavy atom. The molecule has 1 heterocycles. The second-order valence-corrected chi connectivity index (χ2v) is 7.37. The van der Waals surface area contributed by atoms with E-state index in [1.54, 1.807) is 11.4 Å². The Kier molecular flexibility index (Phi) is 4.19. The van der Waals surface area contributed by atoms with E-state index >= 15 is 0 Å². The minimum Gasteiger partial charge on any atom is -0.326 e. The molecule has 2 rings (SSSR count). The molecular formula is C11H18N2O2S2. The van der Waals surface area contributed by atoms with Crippen molar-refractivity contribution in [2.75, 3.05) is 6.54 Å². The zero-order valence-electron chi connectivity index (χ0n) is 9.69. The summed E-state index contributed by atoms with van der Waals surface area (Å²) in [5, 5.41) is 1.79. The van der Waals surface area contributed by atoms with Crippen molar-refractivity contribution in [2.24, 2.45) is 11.7 Å². The topological polar surface area (TPSA) is 72.2 Å². The number of hydrogen-bond acceptors (Lipinski definition) is 4. The second-order valence-electron chi connectivity index (χ2n) is 4.46. The molecule has 3 N–H and O–H groups in total. The molecule has 1 aliphatic rings. The van der Waals surface area contributed by atoms with E-state index in [0.29, 0.717) is 17.3 Å². The molecule has 0 bridgehead atoms. The molecular weight excluding hydrogens is 256 g/mol. The summed E-state index contributed by atoms with van der Waals surface area (Å²) in [7, 11) is -3.31. The van der Waals surface area contributed by atoms with Gasteiger partial charge in [0.25, 0.3) is 0 Å². The van der Waals surface area contributed by atoms with Crippen molar-refractivity contribution in [3.05, 3.63) is 17.0 Å². The van der Waals surface area contributed by atoms with Gasteiger partial charge in [-0.2, -0.15) is 0 Å². The zero-order chi connectivity index (χ0) is 12.3. The van der Waals surface area contributed by atoms with E-state index < -0.39 is 10.0 Å². The third kappa shape index (κ3) is 3.77. The van der Waals surface area contributed by atoms with Gasteiger partial charge in [-0.15, -0.1) is 11.3 Å². The Labute approximate surface area is 106 Å². The van der Waals surface area contributed by atoms with Gasteiger partial charge in [0.05, 0.1) is 0 Å². The van der Waals surface area contributed by atoms with Crippen LogP contribution in [0.1, 0.15) is 31.2 Å². The van der Waals surface area contributed by atoms with Gasteiger partial charge in [0.15, 0.2) is 0 Å². The maximum absolute atomic E-state index is 11.9. The third-order valence-corrected chi connectivity index (χ3v) is 5.86. The molecule has 1 aromatic heterocycles. The van der Waals surface area contributed by atoms with Gasteiger partial charge >= 0.3 is 0 Å². The van der Waals surface area contributed by atoms with E-state index in [2.05, 4.69) is 4.72 Å². The molecule has 0 saturated heterocycles. The molecule has 4 nitrogen and oxygen atoms in total. The van der Waals surface area contributed by atoms with Gasteiger partial charge in [-0.3, -0.25) is 0 Å². The lowest BCUT2D eigenvalue weighted by Crippen LogP contribution is -2.24. The molecule has 17 heavy (non-hydrogen) atoms. The molecule has 0 aromatic carbocycles. The van der Waals surface area contributed by atoms with Crippen molar-refractivity contribution in [1.82, 2.24) is 4.72 Å². The fraction of sp³-hybridized carbons (Fsp3) is 0.636. The Morgan fingerprint density at radius 2 is 2.24 bits per heavy atom. The van der Waals surface area contributed by atoms with Crippen LogP contribution in [0.15, 0.2) is 15.7 Å². The molecule has 6 heteroatoms. The lowest BCUT2D eigenvalue weighted by Gasteiger charge is -2.03. The largest absolute Gasteiger partial charge is 0.326 e. The first kappa shape index (κ1) is 13.0. The normalized spacial score (nSPS) is 16.3. The van der Waals surface area contributed by atoms with Crippen LogP contribution in [-0.2, 0) is 16.6 Å². The number of nitrogens with one attached hydrogen (secondary N) is 1. The van der Waals surface area contributed by atoms with Crippen molar-refractivity contribution in [1.29, 1.82) is 0 Å². The molecule has 0 unspecified atom stereocenters. The van der Waals surface area contributed by atoms with Crippen LogP contribution in [0.25, 0.3) is 0 Å². The van der Waals surface area contributed by atoms with Crippen LogP contribution >= 0.6 is 11.3 Å². The molecule has 1 aliphatic carbocycles. The Bertz CT molecular complexity index is 464. The van der Waals surface area contributed by atoms with Gasteiger partial charge in [-0.25, -0.2) is 13.1 Å². The number of nitrogens with two attached hydrogens (primary N) is 1. The van der Waals surface area contributed by atoms with Crippen LogP contribution < -0.4 is 10.5 Å². The summed E-state index contributed by atoms with van der Waals surface area (Å²) in [4.78, 5) is 0. The van der Waals surface area contributed by atoms with E-state index in [1.807, 2.05) is 0 Å². The smallest absolute Gasteiger partial charge is 0.250 e. The summed E-state index contributed by atoms with van der Waals surface area (Å²) in [6.07, 6.45) is 4.70. The minimum atomic E-state index is -3.31. The minimum absolute atomic E-state index is 0.365. The highest BCUT2D eigenvalue weighted by Crippen LogP contribution is 2.33. The average Bonchev–Trinajstić information content (AvgIpc) is 2.98. The molecule has 0 atom stereocenters. The monoisotopic (exact) mass is 274 g/mol. The quantitative estimate of drug-likeness (QED) is 0.743. The average molecular weight is 274 g/mol. The van der Waals surface area contributed by atoms with Crippen molar-refractivity contribution < 1.29 is 8.42 Å². The predicted molar refractivity (Wildman–Crippen MR) is 69.4 cm³/mol. The van der Waals surface area contributed by atoms with Gasteiger partial charge in [0.1, 0.15) is 4.21 Å². The molecule has 96 valence electrons. The summed E-state index contributed by atoms with van der Waals surface area (Å²) < 4.78 is 26.8. The van der Waals surface area contributed by atoms with Crippen molar-refractivity contribution >= 4 is 21.4 Å². The van der Waals surface area contributed by atoms with Crippen molar-refractivity contribution in [3.8, 4) is 0 Å². The SMILES string of the molecule is NCc1csc(S(=O)(=O)NCCCC2CC2)c1. The number of hydrogen-bond donors (Lipinski definition) is 2. The maximum Gasteiger partial charge on any atom is 0.250 e. The van der Waals surface area contributed by atoms with E-state index in [1.165, 1.54) is 24.2 Å². The Hall–Kier alpha value is -0.430. The van der Waals surface area contributed by atoms with Crippen LogP contribution in [0.3, 0.4) is 0 Å². The zero-order valence-corrected chi connectivity index (χ0v) is 11.3. The van der Waals surface area contributed by atoms with E-state index in [9.17, 15) is 8.42 Å². The van der Waals surface area contributed by atoms with Crippen LogP contribution in [0, 0.1) is 5.92 Å². The highest BCUT2D eigenvalue weighted by Gasteiger charge is 2.21. The van der Waals surface area contributed by atoms with Gasteiger partial charge in [0, 0.05) is 13.1 Å². The van der Waals surface area contributed by atoms with Crippen LogP contribution in [0.4, 0.5) is 0 Å². The van der Waals surface area contributed by atoms with E-state index in [0.717, 1.165) is 24.3 Å².